The second-order valence-corrected chi connectivity index (χ2v) is 9.91. The van der Waals surface area contributed by atoms with Crippen LogP contribution in [0.3, 0.4) is 0 Å². The smallest absolute Gasteiger partial charge is 0.295 e. The molecule has 1 aliphatic rings. The summed E-state index contributed by atoms with van der Waals surface area (Å²) in [6.07, 6.45) is 1.40. The summed E-state index contributed by atoms with van der Waals surface area (Å²) in [5, 5.41) is 11.2. The number of carbonyl (C=O) groups is 2. The van der Waals surface area contributed by atoms with E-state index in [-0.39, 0.29) is 23.4 Å². The van der Waals surface area contributed by atoms with Crippen molar-refractivity contribution in [2.45, 2.75) is 39.7 Å². The molecular weight excluding hydrogens is 497 g/mol. The number of hydrogen-bond acceptors (Lipinski definition) is 5. The minimum atomic E-state index is -0.859. The van der Waals surface area contributed by atoms with Gasteiger partial charge < -0.3 is 19.5 Å². The first-order valence-corrected chi connectivity index (χ1v) is 13.3. The largest absolute Gasteiger partial charge is 0.507 e. The molecule has 39 heavy (non-hydrogen) atoms. The normalized spacial score (nSPS) is 16.6. The van der Waals surface area contributed by atoms with E-state index >= 15 is 0 Å². The zero-order valence-electron chi connectivity index (χ0n) is 22.5. The lowest BCUT2D eigenvalue weighted by molar-refractivity contribution is -0.139. The van der Waals surface area contributed by atoms with E-state index in [0.29, 0.717) is 42.6 Å². The van der Waals surface area contributed by atoms with Crippen LogP contribution in [0.25, 0.3) is 5.76 Å². The van der Waals surface area contributed by atoms with Gasteiger partial charge in [-0.3, -0.25) is 9.59 Å². The molecule has 0 bridgehead atoms. The summed E-state index contributed by atoms with van der Waals surface area (Å²) >= 11 is 0. The standard InChI is InChI=1S/C32H34FNO5/c1-4-38-27-20-24(12-15-26(27)39-19-17-21(2)3)29-28(30(35)23-10-13-25(33)14-11-23)31(36)32(37)34(29)18-16-22-8-6-5-7-9-22/h5-15,20-21,29,35H,4,16-19H2,1-3H3/b30-28+. The molecule has 1 amide bonds. The van der Waals surface area contributed by atoms with Gasteiger partial charge in [0.05, 0.1) is 24.8 Å². The minimum absolute atomic E-state index is 0.0457. The monoisotopic (exact) mass is 531 g/mol. The zero-order chi connectivity index (χ0) is 27.9. The van der Waals surface area contributed by atoms with Crippen LogP contribution in [-0.4, -0.2) is 41.5 Å². The number of ether oxygens (including phenoxy) is 2. The molecule has 3 aromatic carbocycles. The molecule has 4 rings (SSSR count). The number of hydrogen-bond donors (Lipinski definition) is 1. The molecular formula is C32H34FNO5. The molecule has 1 aliphatic heterocycles. The Morgan fingerprint density at radius 3 is 2.36 bits per heavy atom. The molecule has 7 heteroatoms. The zero-order valence-corrected chi connectivity index (χ0v) is 22.5. The van der Waals surface area contributed by atoms with Crippen LogP contribution in [0.15, 0.2) is 78.4 Å². The van der Waals surface area contributed by atoms with E-state index in [1.54, 1.807) is 18.2 Å². The molecule has 204 valence electrons. The molecule has 0 aliphatic carbocycles. The van der Waals surface area contributed by atoms with E-state index in [1.165, 1.54) is 29.2 Å². The fourth-order valence-electron chi connectivity index (χ4n) is 4.60. The van der Waals surface area contributed by atoms with Gasteiger partial charge in [-0.2, -0.15) is 0 Å². The van der Waals surface area contributed by atoms with Crippen LogP contribution in [0.5, 0.6) is 11.5 Å². The van der Waals surface area contributed by atoms with E-state index in [2.05, 4.69) is 13.8 Å². The topological polar surface area (TPSA) is 76.1 Å². The van der Waals surface area contributed by atoms with Gasteiger partial charge >= 0.3 is 0 Å². The molecule has 6 nitrogen and oxygen atoms in total. The van der Waals surface area contributed by atoms with Gasteiger partial charge in [0.1, 0.15) is 11.6 Å². The summed E-state index contributed by atoms with van der Waals surface area (Å²) in [5.41, 5.74) is 1.82. The van der Waals surface area contributed by atoms with Crippen molar-refractivity contribution in [3.8, 4) is 11.5 Å². The Balaban J connectivity index is 1.77. The molecule has 1 heterocycles. The molecule has 1 unspecified atom stereocenters. The highest BCUT2D eigenvalue weighted by Gasteiger charge is 2.46. The SMILES string of the molecule is CCOc1cc(C2/C(=C(\O)c3ccc(F)cc3)C(=O)C(=O)N2CCc2ccccc2)ccc1OCCC(C)C. The highest BCUT2D eigenvalue weighted by molar-refractivity contribution is 6.46. The quantitative estimate of drug-likeness (QED) is 0.178. The second-order valence-electron chi connectivity index (χ2n) is 9.91. The summed E-state index contributed by atoms with van der Waals surface area (Å²) in [7, 11) is 0. The molecule has 3 aromatic rings. The minimum Gasteiger partial charge on any atom is -0.507 e. The number of aliphatic hydroxyl groups is 1. The van der Waals surface area contributed by atoms with Crippen molar-refractivity contribution in [2.75, 3.05) is 19.8 Å². The summed E-state index contributed by atoms with van der Waals surface area (Å²) in [6, 6.07) is 19.3. The molecule has 0 saturated carbocycles. The molecule has 1 atom stereocenters. The van der Waals surface area contributed by atoms with Crippen LogP contribution < -0.4 is 9.47 Å². The maximum atomic E-state index is 13.6. The van der Waals surface area contributed by atoms with E-state index < -0.39 is 23.5 Å². The van der Waals surface area contributed by atoms with Crippen molar-refractivity contribution in [3.63, 3.8) is 0 Å². The fraction of sp³-hybridized carbons (Fsp3) is 0.312. The third-order valence-corrected chi connectivity index (χ3v) is 6.68. The fourth-order valence-corrected chi connectivity index (χ4v) is 4.60. The number of amides is 1. The number of ketones is 1. The third-order valence-electron chi connectivity index (χ3n) is 6.68. The number of aliphatic hydroxyl groups excluding tert-OH is 1. The lowest BCUT2D eigenvalue weighted by Gasteiger charge is -2.26. The molecule has 1 saturated heterocycles. The first kappa shape index (κ1) is 27.9. The van der Waals surface area contributed by atoms with Crippen LogP contribution in [-0.2, 0) is 16.0 Å². The first-order valence-electron chi connectivity index (χ1n) is 13.3. The summed E-state index contributed by atoms with van der Waals surface area (Å²) < 4.78 is 25.4. The maximum Gasteiger partial charge on any atom is 0.295 e. The Labute approximate surface area is 228 Å². The lowest BCUT2D eigenvalue weighted by atomic mass is 9.94. The number of Topliss-reactive ketones (excluding diaryl/α,β-unsaturated/α-hetero) is 1. The van der Waals surface area contributed by atoms with Crippen molar-refractivity contribution in [1.82, 2.24) is 4.90 Å². The van der Waals surface area contributed by atoms with Gasteiger partial charge in [-0.1, -0.05) is 50.2 Å². The van der Waals surface area contributed by atoms with Crippen LogP contribution >= 0.6 is 0 Å². The summed E-state index contributed by atoms with van der Waals surface area (Å²) in [5.74, 6) is -0.762. The Kier molecular flexibility index (Phi) is 9.02. The van der Waals surface area contributed by atoms with Crippen LogP contribution in [0.4, 0.5) is 4.39 Å². The van der Waals surface area contributed by atoms with Gasteiger partial charge in [0, 0.05) is 12.1 Å². The Morgan fingerprint density at radius 1 is 0.974 bits per heavy atom. The van der Waals surface area contributed by atoms with Crippen LogP contribution in [0, 0.1) is 11.7 Å². The number of carbonyl (C=O) groups excluding carboxylic acids is 2. The third kappa shape index (κ3) is 6.48. The average Bonchev–Trinajstić information content (AvgIpc) is 3.18. The van der Waals surface area contributed by atoms with Crippen molar-refractivity contribution < 1.29 is 28.6 Å². The number of benzene rings is 3. The van der Waals surface area contributed by atoms with Gasteiger partial charge in [-0.05, 0) is 73.2 Å². The van der Waals surface area contributed by atoms with E-state index in [1.807, 2.05) is 37.3 Å². The number of likely N-dealkylation sites (tertiary alicyclic amines) is 1. The van der Waals surface area contributed by atoms with E-state index in [9.17, 15) is 19.1 Å². The van der Waals surface area contributed by atoms with E-state index in [4.69, 9.17) is 9.47 Å². The Morgan fingerprint density at radius 2 is 1.69 bits per heavy atom. The van der Waals surface area contributed by atoms with Gasteiger partial charge in [-0.15, -0.1) is 0 Å². The van der Waals surface area contributed by atoms with Crippen LogP contribution in [0.2, 0.25) is 0 Å². The molecule has 1 N–H and O–H groups in total. The molecule has 0 radical (unpaired) electrons. The van der Waals surface area contributed by atoms with Gasteiger partial charge in [-0.25, -0.2) is 4.39 Å². The molecule has 0 spiro atoms. The highest BCUT2D eigenvalue weighted by Crippen LogP contribution is 2.42. The maximum absolute atomic E-state index is 13.6. The first-order chi connectivity index (χ1) is 18.8. The van der Waals surface area contributed by atoms with Gasteiger partial charge in [0.25, 0.3) is 11.7 Å². The van der Waals surface area contributed by atoms with Crippen molar-refractivity contribution in [3.05, 3.63) is 101 Å². The predicted molar refractivity (Wildman–Crippen MR) is 148 cm³/mol. The van der Waals surface area contributed by atoms with Gasteiger partial charge in [0.2, 0.25) is 0 Å². The average molecular weight is 532 g/mol. The lowest BCUT2D eigenvalue weighted by Crippen LogP contribution is -2.31. The number of nitrogens with zero attached hydrogens (tertiary/aromatic N) is 1. The number of rotatable bonds is 11. The van der Waals surface area contributed by atoms with E-state index in [0.717, 1.165) is 12.0 Å². The Hall–Kier alpha value is -4.13. The summed E-state index contributed by atoms with van der Waals surface area (Å²) in [6.45, 7) is 7.29. The number of halogens is 1. The summed E-state index contributed by atoms with van der Waals surface area (Å²) in [4.78, 5) is 28.1. The van der Waals surface area contributed by atoms with Crippen molar-refractivity contribution in [1.29, 1.82) is 0 Å². The molecule has 1 fully saturated rings. The predicted octanol–water partition coefficient (Wildman–Crippen LogP) is 6.31. The highest BCUT2D eigenvalue weighted by atomic mass is 19.1. The van der Waals surface area contributed by atoms with Crippen LogP contribution in [0.1, 0.15) is 49.9 Å². The second kappa shape index (κ2) is 12.6. The molecule has 0 aromatic heterocycles. The van der Waals surface area contributed by atoms with Crippen molar-refractivity contribution >= 4 is 17.4 Å². The van der Waals surface area contributed by atoms with Gasteiger partial charge in [0.15, 0.2) is 11.5 Å². The van der Waals surface area contributed by atoms with Crippen molar-refractivity contribution in [2.24, 2.45) is 5.92 Å². The Bertz CT molecular complexity index is 1330.